The Morgan fingerprint density at radius 2 is 1.93 bits per heavy atom. The third-order valence-corrected chi connectivity index (χ3v) is 5.05. The summed E-state index contributed by atoms with van der Waals surface area (Å²) in [6.45, 7) is 2.75. The summed E-state index contributed by atoms with van der Waals surface area (Å²) in [6, 6.07) is 6.95. The van der Waals surface area contributed by atoms with Crippen LogP contribution >= 0.6 is 0 Å². The van der Waals surface area contributed by atoms with Crippen LogP contribution in [-0.4, -0.2) is 22.3 Å². The van der Waals surface area contributed by atoms with Crippen LogP contribution in [0, 0.1) is 5.82 Å². The Kier molecular flexibility index (Phi) is 4.44. The third-order valence-electron chi connectivity index (χ3n) is 5.05. The molecule has 0 radical (unpaired) electrons. The summed E-state index contributed by atoms with van der Waals surface area (Å²) in [7, 11) is 0. The normalized spacial score (nSPS) is 14.0. The van der Waals surface area contributed by atoms with Crippen molar-refractivity contribution in [2.75, 3.05) is 12.3 Å². The first-order chi connectivity index (χ1) is 13.7. The Morgan fingerprint density at radius 1 is 1.17 bits per heavy atom. The number of nitrogens with two attached hydrogens (primary N) is 1. The van der Waals surface area contributed by atoms with Gasteiger partial charge in [-0.05, 0) is 24.6 Å². The van der Waals surface area contributed by atoms with E-state index in [2.05, 4.69) is 4.98 Å². The first kappa shape index (κ1) is 19.2. The Hall–Kier alpha value is -3.16. The van der Waals surface area contributed by atoms with Gasteiger partial charge in [-0.2, -0.15) is 13.2 Å². The number of carbonyl (C=O) groups excluding carboxylic acids is 1. The molecule has 1 aliphatic rings. The van der Waals surface area contributed by atoms with Gasteiger partial charge in [0.25, 0.3) is 5.91 Å². The number of hydrogen-bond acceptors (Lipinski definition) is 3. The van der Waals surface area contributed by atoms with E-state index in [0.717, 1.165) is 18.6 Å². The zero-order chi connectivity index (χ0) is 20.9. The zero-order valence-electron chi connectivity index (χ0n) is 15.5. The van der Waals surface area contributed by atoms with E-state index in [1.54, 1.807) is 17.0 Å². The first-order valence-electron chi connectivity index (χ1n) is 9.09. The molecule has 0 aliphatic carbocycles. The Bertz CT molecular complexity index is 1140. The topological polar surface area (TPSA) is 59.2 Å². The lowest BCUT2D eigenvalue weighted by molar-refractivity contribution is -0.137. The third kappa shape index (κ3) is 3.08. The number of benzene rings is 2. The fourth-order valence-corrected chi connectivity index (χ4v) is 3.70. The SMILES string of the molecule is CCCN1Cc2nc3c(-c4cc(C(F)(F)F)ccc4F)cccc3c(N)c2C1=O. The number of nitrogens with zero attached hydrogens (tertiary/aromatic N) is 2. The number of aromatic nitrogens is 1. The van der Waals surface area contributed by atoms with Crippen molar-refractivity contribution in [2.24, 2.45) is 0 Å². The number of pyridine rings is 1. The maximum atomic E-state index is 14.5. The van der Waals surface area contributed by atoms with E-state index in [0.29, 0.717) is 29.3 Å². The molecule has 29 heavy (non-hydrogen) atoms. The van der Waals surface area contributed by atoms with Crippen molar-refractivity contribution >= 4 is 22.5 Å². The van der Waals surface area contributed by atoms with Gasteiger partial charge < -0.3 is 10.6 Å². The molecule has 150 valence electrons. The molecule has 4 rings (SSSR count). The van der Waals surface area contributed by atoms with E-state index < -0.39 is 17.6 Å². The zero-order valence-corrected chi connectivity index (χ0v) is 15.5. The average molecular weight is 403 g/mol. The number of fused-ring (bicyclic) bond motifs is 2. The predicted octanol–water partition coefficient (Wildman–Crippen LogP) is 5.01. The van der Waals surface area contributed by atoms with E-state index >= 15 is 0 Å². The minimum Gasteiger partial charge on any atom is -0.397 e. The molecule has 0 unspecified atom stereocenters. The van der Waals surface area contributed by atoms with E-state index in [9.17, 15) is 22.4 Å². The summed E-state index contributed by atoms with van der Waals surface area (Å²) in [5, 5.41) is 0.407. The number of carbonyl (C=O) groups is 1. The van der Waals surface area contributed by atoms with Gasteiger partial charge in [0.1, 0.15) is 5.82 Å². The highest BCUT2D eigenvalue weighted by atomic mass is 19.4. The van der Waals surface area contributed by atoms with Gasteiger partial charge in [0, 0.05) is 23.1 Å². The average Bonchev–Trinajstić information content (AvgIpc) is 2.97. The van der Waals surface area contributed by atoms with Gasteiger partial charge in [0.2, 0.25) is 0 Å². The molecule has 1 aliphatic heterocycles. The van der Waals surface area contributed by atoms with E-state index in [4.69, 9.17) is 5.73 Å². The lowest BCUT2D eigenvalue weighted by Crippen LogP contribution is -2.24. The highest BCUT2D eigenvalue weighted by Crippen LogP contribution is 2.39. The second-order valence-corrected chi connectivity index (χ2v) is 6.97. The number of anilines is 1. The molecule has 0 fully saturated rings. The maximum absolute atomic E-state index is 14.5. The van der Waals surface area contributed by atoms with Crippen molar-refractivity contribution in [3.05, 3.63) is 59.0 Å². The molecular weight excluding hydrogens is 386 g/mol. The van der Waals surface area contributed by atoms with Crippen LogP contribution < -0.4 is 5.73 Å². The Labute approximate surface area is 163 Å². The number of alkyl halides is 3. The Balaban J connectivity index is 1.95. The predicted molar refractivity (Wildman–Crippen MR) is 102 cm³/mol. The van der Waals surface area contributed by atoms with Crippen LogP contribution in [-0.2, 0) is 12.7 Å². The lowest BCUT2D eigenvalue weighted by Gasteiger charge is -2.13. The van der Waals surface area contributed by atoms with Crippen LogP contribution in [0.1, 0.15) is 35.0 Å². The van der Waals surface area contributed by atoms with Crippen molar-refractivity contribution in [2.45, 2.75) is 26.1 Å². The first-order valence-corrected chi connectivity index (χ1v) is 9.09. The highest BCUT2D eigenvalue weighted by molar-refractivity contribution is 6.11. The monoisotopic (exact) mass is 403 g/mol. The van der Waals surface area contributed by atoms with E-state index in [-0.39, 0.29) is 34.8 Å². The van der Waals surface area contributed by atoms with Crippen molar-refractivity contribution in [3.63, 3.8) is 0 Å². The van der Waals surface area contributed by atoms with Crippen molar-refractivity contribution < 1.29 is 22.4 Å². The molecule has 1 aromatic heterocycles. The van der Waals surface area contributed by atoms with Gasteiger partial charge >= 0.3 is 6.18 Å². The molecule has 0 saturated carbocycles. The number of hydrogen-bond donors (Lipinski definition) is 1. The largest absolute Gasteiger partial charge is 0.416 e. The number of para-hydroxylation sites is 1. The molecule has 4 nitrogen and oxygen atoms in total. The molecule has 2 N–H and O–H groups in total. The van der Waals surface area contributed by atoms with Gasteiger partial charge in [0.05, 0.1) is 34.6 Å². The minimum atomic E-state index is -4.60. The van der Waals surface area contributed by atoms with Gasteiger partial charge in [-0.25, -0.2) is 9.37 Å². The van der Waals surface area contributed by atoms with Crippen LogP contribution in [0.15, 0.2) is 36.4 Å². The summed E-state index contributed by atoms with van der Waals surface area (Å²) in [5.74, 6) is -1.01. The molecule has 8 heteroatoms. The molecule has 0 spiro atoms. The van der Waals surface area contributed by atoms with E-state index in [1.807, 2.05) is 6.92 Å². The van der Waals surface area contributed by atoms with Crippen LogP contribution in [0.25, 0.3) is 22.0 Å². The summed E-state index contributed by atoms with van der Waals surface area (Å²) >= 11 is 0. The summed E-state index contributed by atoms with van der Waals surface area (Å²) in [4.78, 5) is 18.8. The van der Waals surface area contributed by atoms with Gasteiger partial charge in [-0.1, -0.05) is 25.1 Å². The molecule has 1 amide bonds. The van der Waals surface area contributed by atoms with Crippen molar-refractivity contribution in [1.82, 2.24) is 9.88 Å². The molecule has 0 saturated heterocycles. The summed E-state index contributed by atoms with van der Waals surface area (Å²) in [6.07, 6.45) is -3.84. The maximum Gasteiger partial charge on any atom is 0.416 e. The lowest BCUT2D eigenvalue weighted by atomic mass is 9.97. The smallest absolute Gasteiger partial charge is 0.397 e. The second kappa shape index (κ2) is 6.72. The number of nitrogen functional groups attached to an aromatic ring is 1. The second-order valence-electron chi connectivity index (χ2n) is 6.97. The summed E-state index contributed by atoms with van der Waals surface area (Å²) in [5.41, 5.74) is 6.52. The molecule has 2 aromatic carbocycles. The molecule has 0 atom stereocenters. The standard InChI is InChI=1S/C21H17F4N3O/c1-2-8-28-10-16-17(20(28)29)18(26)13-5-3-4-12(19(13)27-16)14-9-11(21(23,24)25)6-7-15(14)22/h3-7,9H,2,8,10H2,1H3,(H2,26,27). The van der Waals surface area contributed by atoms with Crippen LogP contribution in [0.3, 0.4) is 0 Å². The summed E-state index contributed by atoms with van der Waals surface area (Å²) < 4.78 is 53.9. The van der Waals surface area contributed by atoms with Gasteiger partial charge in [-0.3, -0.25) is 4.79 Å². The molecule has 0 bridgehead atoms. The minimum absolute atomic E-state index is 0.196. The van der Waals surface area contributed by atoms with E-state index in [1.165, 1.54) is 6.07 Å². The van der Waals surface area contributed by atoms with Crippen LogP contribution in [0.2, 0.25) is 0 Å². The van der Waals surface area contributed by atoms with Gasteiger partial charge in [0.15, 0.2) is 0 Å². The molecule has 2 heterocycles. The highest BCUT2D eigenvalue weighted by Gasteiger charge is 2.33. The van der Waals surface area contributed by atoms with Crippen LogP contribution in [0.5, 0.6) is 0 Å². The van der Waals surface area contributed by atoms with Gasteiger partial charge in [-0.15, -0.1) is 0 Å². The van der Waals surface area contributed by atoms with Crippen LogP contribution in [0.4, 0.5) is 23.2 Å². The fourth-order valence-electron chi connectivity index (χ4n) is 3.70. The van der Waals surface area contributed by atoms with Crippen molar-refractivity contribution in [3.8, 4) is 11.1 Å². The molecule has 3 aromatic rings. The fraction of sp³-hybridized carbons (Fsp3) is 0.238. The van der Waals surface area contributed by atoms with Crippen molar-refractivity contribution in [1.29, 1.82) is 0 Å². The number of rotatable bonds is 3. The Morgan fingerprint density at radius 3 is 2.62 bits per heavy atom. The number of amides is 1. The quantitative estimate of drug-likeness (QED) is 0.626. The number of halogens is 4. The molecular formula is C21H17F4N3O.